The van der Waals surface area contributed by atoms with Crippen LogP contribution in [0.15, 0.2) is 76.8 Å². The number of hydrogen-bond acceptors (Lipinski definition) is 4. The van der Waals surface area contributed by atoms with E-state index >= 15 is 0 Å². The standard InChI is InChI=1S/C19H16N4OS/c24-18-16-13-20-23(15-9-5-2-6-10-15)17(16)21-19(22-18)25-12-11-14-7-3-1-4-8-14/h1-10,13H,11-12H2,(H,21,22,24). The van der Waals surface area contributed by atoms with Crippen molar-refractivity contribution in [2.45, 2.75) is 11.6 Å². The molecular weight excluding hydrogens is 332 g/mol. The molecule has 0 aliphatic carbocycles. The van der Waals surface area contributed by atoms with E-state index in [9.17, 15) is 4.79 Å². The van der Waals surface area contributed by atoms with Crippen molar-refractivity contribution in [1.82, 2.24) is 19.7 Å². The van der Waals surface area contributed by atoms with Crippen molar-refractivity contribution in [3.8, 4) is 5.69 Å². The minimum absolute atomic E-state index is 0.158. The normalized spacial score (nSPS) is 11.0. The Bertz CT molecular complexity index is 1040. The molecule has 124 valence electrons. The second-order valence-electron chi connectivity index (χ2n) is 5.58. The lowest BCUT2D eigenvalue weighted by molar-refractivity contribution is 0.872. The molecule has 0 bridgehead atoms. The van der Waals surface area contributed by atoms with Gasteiger partial charge in [0.2, 0.25) is 0 Å². The van der Waals surface area contributed by atoms with Crippen LogP contribution in [0, 0.1) is 0 Å². The molecule has 0 spiro atoms. The molecule has 1 N–H and O–H groups in total. The van der Waals surface area contributed by atoms with Crippen LogP contribution in [0.1, 0.15) is 5.56 Å². The Morgan fingerprint density at radius 1 is 1.00 bits per heavy atom. The van der Waals surface area contributed by atoms with Crippen LogP contribution in [-0.2, 0) is 6.42 Å². The number of thioether (sulfide) groups is 1. The van der Waals surface area contributed by atoms with E-state index < -0.39 is 0 Å². The Labute approximate surface area is 148 Å². The molecule has 6 heteroatoms. The quantitative estimate of drug-likeness (QED) is 0.443. The highest BCUT2D eigenvalue weighted by Gasteiger charge is 2.11. The van der Waals surface area contributed by atoms with Gasteiger partial charge in [0.1, 0.15) is 5.39 Å². The lowest BCUT2D eigenvalue weighted by Gasteiger charge is -2.04. The first-order chi connectivity index (χ1) is 12.3. The molecule has 0 fully saturated rings. The molecular formula is C19H16N4OS. The Balaban J connectivity index is 1.61. The SMILES string of the molecule is O=c1[nH]c(SCCc2ccccc2)nc2c1cnn2-c1ccccc1. The third-order valence-corrected chi connectivity index (χ3v) is 4.76. The molecule has 0 radical (unpaired) electrons. The molecule has 5 nitrogen and oxygen atoms in total. The van der Waals surface area contributed by atoms with Crippen LogP contribution in [0.5, 0.6) is 0 Å². The molecule has 2 aromatic carbocycles. The molecule has 0 aliphatic heterocycles. The van der Waals surface area contributed by atoms with Crippen LogP contribution < -0.4 is 5.56 Å². The fraction of sp³-hybridized carbons (Fsp3) is 0.105. The van der Waals surface area contributed by atoms with Gasteiger partial charge in [-0.25, -0.2) is 9.67 Å². The van der Waals surface area contributed by atoms with E-state index in [1.165, 1.54) is 5.56 Å². The highest BCUT2D eigenvalue weighted by molar-refractivity contribution is 7.99. The van der Waals surface area contributed by atoms with Crippen LogP contribution in [-0.4, -0.2) is 25.5 Å². The number of benzene rings is 2. The Hall–Kier alpha value is -2.86. The first-order valence-corrected chi connectivity index (χ1v) is 9.00. The smallest absolute Gasteiger partial charge is 0.262 e. The van der Waals surface area contributed by atoms with E-state index in [1.807, 2.05) is 48.5 Å². The molecule has 4 rings (SSSR count). The van der Waals surface area contributed by atoms with Crippen molar-refractivity contribution in [2.24, 2.45) is 0 Å². The van der Waals surface area contributed by atoms with Gasteiger partial charge < -0.3 is 4.98 Å². The van der Waals surface area contributed by atoms with Gasteiger partial charge in [-0.05, 0) is 24.1 Å². The van der Waals surface area contributed by atoms with Gasteiger partial charge in [0.15, 0.2) is 10.8 Å². The van der Waals surface area contributed by atoms with E-state index in [4.69, 9.17) is 0 Å². The number of aromatic amines is 1. The zero-order valence-electron chi connectivity index (χ0n) is 13.4. The highest BCUT2D eigenvalue weighted by Crippen LogP contribution is 2.18. The van der Waals surface area contributed by atoms with Gasteiger partial charge in [0, 0.05) is 5.75 Å². The van der Waals surface area contributed by atoms with Gasteiger partial charge in [0.25, 0.3) is 5.56 Å². The predicted molar refractivity (Wildman–Crippen MR) is 100 cm³/mol. The minimum Gasteiger partial charge on any atom is -0.301 e. The fourth-order valence-corrected chi connectivity index (χ4v) is 3.48. The summed E-state index contributed by atoms with van der Waals surface area (Å²) in [6, 6.07) is 20.0. The second-order valence-corrected chi connectivity index (χ2v) is 6.67. The molecule has 0 saturated carbocycles. The minimum atomic E-state index is -0.158. The summed E-state index contributed by atoms with van der Waals surface area (Å²) < 4.78 is 1.70. The molecule has 25 heavy (non-hydrogen) atoms. The zero-order chi connectivity index (χ0) is 17.1. The second kappa shape index (κ2) is 6.94. The maximum Gasteiger partial charge on any atom is 0.262 e. The summed E-state index contributed by atoms with van der Waals surface area (Å²) in [5.41, 5.74) is 2.58. The molecule has 0 unspecified atom stereocenters. The van der Waals surface area contributed by atoms with Crippen LogP contribution in [0.2, 0.25) is 0 Å². The van der Waals surface area contributed by atoms with Gasteiger partial charge in [-0.3, -0.25) is 4.79 Å². The summed E-state index contributed by atoms with van der Waals surface area (Å²) in [5.74, 6) is 0.845. The topological polar surface area (TPSA) is 63.6 Å². The first kappa shape index (κ1) is 15.7. The van der Waals surface area contributed by atoms with Gasteiger partial charge in [-0.2, -0.15) is 5.10 Å². The number of nitrogens with zero attached hydrogens (tertiary/aromatic N) is 3. The van der Waals surface area contributed by atoms with Crippen molar-refractivity contribution < 1.29 is 0 Å². The lowest BCUT2D eigenvalue weighted by atomic mass is 10.2. The van der Waals surface area contributed by atoms with Crippen LogP contribution in [0.4, 0.5) is 0 Å². The van der Waals surface area contributed by atoms with Crippen molar-refractivity contribution in [3.63, 3.8) is 0 Å². The number of para-hydroxylation sites is 1. The van der Waals surface area contributed by atoms with Crippen LogP contribution in [0.25, 0.3) is 16.7 Å². The zero-order valence-corrected chi connectivity index (χ0v) is 14.2. The molecule has 0 atom stereocenters. The van der Waals surface area contributed by atoms with E-state index in [-0.39, 0.29) is 5.56 Å². The van der Waals surface area contributed by atoms with Crippen molar-refractivity contribution in [2.75, 3.05) is 5.75 Å². The van der Waals surface area contributed by atoms with Crippen LogP contribution >= 0.6 is 11.8 Å². The van der Waals surface area contributed by atoms with Gasteiger partial charge in [-0.15, -0.1) is 0 Å². The first-order valence-electron chi connectivity index (χ1n) is 8.01. The number of hydrogen-bond donors (Lipinski definition) is 1. The third-order valence-electron chi connectivity index (χ3n) is 3.89. The number of aromatic nitrogens is 4. The molecule has 2 heterocycles. The Kier molecular flexibility index (Phi) is 4.35. The number of H-pyrrole nitrogens is 1. The van der Waals surface area contributed by atoms with E-state index in [0.717, 1.165) is 17.9 Å². The van der Waals surface area contributed by atoms with E-state index in [1.54, 1.807) is 22.6 Å². The van der Waals surface area contributed by atoms with Gasteiger partial charge in [0.05, 0.1) is 11.9 Å². The molecule has 0 amide bonds. The van der Waals surface area contributed by atoms with E-state index in [2.05, 4.69) is 27.2 Å². The average molecular weight is 348 g/mol. The molecule has 0 aliphatic rings. The van der Waals surface area contributed by atoms with Crippen molar-refractivity contribution in [1.29, 1.82) is 0 Å². The maximum atomic E-state index is 12.3. The molecule has 2 aromatic heterocycles. The highest BCUT2D eigenvalue weighted by atomic mass is 32.2. The number of nitrogens with one attached hydrogen (secondary N) is 1. The van der Waals surface area contributed by atoms with Gasteiger partial charge in [-0.1, -0.05) is 60.3 Å². The maximum absolute atomic E-state index is 12.3. The number of aryl methyl sites for hydroxylation is 1. The third kappa shape index (κ3) is 3.34. The average Bonchev–Trinajstić information content (AvgIpc) is 3.08. The number of rotatable bonds is 5. The molecule has 0 saturated heterocycles. The van der Waals surface area contributed by atoms with E-state index in [0.29, 0.717) is 16.2 Å². The van der Waals surface area contributed by atoms with Gasteiger partial charge >= 0.3 is 0 Å². The van der Waals surface area contributed by atoms with Crippen LogP contribution in [0.3, 0.4) is 0 Å². The van der Waals surface area contributed by atoms with Crippen molar-refractivity contribution in [3.05, 3.63) is 82.8 Å². The monoisotopic (exact) mass is 348 g/mol. The summed E-state index contributed by atoms with van der Waals surface area (Å²) in [6.45, 7) is 0. The molecule has 4 aromatic rings. The fourth-order valence-electron chi connectivity index (χ4n) is 2.64. The Morgan fingerprint density at radius 2 is 1.72 bits per heavy atom. The summed E-state index contributed by atoms with van der Waals surface area (Å²) in [6.07, 6.45) is 2.48. The van der Waals surface area contributed by atoms with Crippen molar-refractivity contribution >= 4 is 22.8 Å². The lowest BCUT2D eigenvalue weighted by Crippen LogP contribution is -2.10. The summed E-state index contributed by atoms with van der Waals surface area (Å²) in [5, 5.41) is 5.43. The number of fused-ring (bicyclic) bond motifs is 1. The largest absolute Gasteiger partial charge is 0.301 e. The predicted octanol–water partition coefficient (Wildman–Crippen LogP) is 3.44. The summed E-state index contributed by atoms with van der Waals surface area (Å²) in [7, 11) is 0. The Morgan fingerprint density at radius 3 is 2.48 bits per heavy atom. The summed E-state index contributed by atoms with van der Waals surface area (Å²) in [4.78, 5) is 19.8. The summed E-state index contributed by atoms with van der Waals surface area (Å²) >= 11 is 1.54.